The number of aliphatic hydroxyl groups excluding tert-OH is 1. The van der Waals surface area contributed by atoms with Crippen LogP contribution in [0.3, 0.4) is 0 Å². The van der Waals surface area contributed by atoms with E-state index in [1.165, 1.54) is 6.20 Å². The van der Waals surface area contributed by atoms with Gasteiger partial charge in [-0.2, -0.15) is 0 Å². The third kappa shape index (κ3) is 3.21. The van der Waals surface area contributed by atoms with E-state index in [4.69, 9.17) is 5.73 Å². The lowest BCUT2D eigenvalue weighted by Crippen LogP contribution is -2.38. The molecule has 1 aromatic heterocycles. The smallest absolute Gasteiger partial charge is 0.250 e. The van der Waals surface area contributed by atoms with Crippen LogP contribution in [0.1, 0.15) is 16.8 Å². The van der Waals surface area contributed by atoms with Gasteiger partial charge in [-0.25, -0.2) is 4.98 Å². The number of hydrogen-bond donors (Lipinski definition) is 2. The molecule has 2 rings (SSSR count). The third-order valence-electron chi connectivity index (χ3n) is 3.29. The molecule has 0 bridgehead atoms. The molecule has 1 aromatic rings. The monoisotopic (exact) mass is 264 g/mol. The van der Waals surface area contributed by atoms with Crippen molar-refractivity contribution in [3.63, 3.8) is 0 Å². The summed E-state index contributed by atoms with van der Waals surface area (Å²) < 4.78 is 0. The van der Waals surface area contributed by atoms with Crippen LogP contribution in [0, 0.1) is 0 Å². The normalized spacial score (nSPS) is 23.1. The summed E-state index contributed by atoms with van der Waals surface area (Å²) in [7, 11) is 4.01. The quantitative estimate of drug-likeness (QED) is 0.779. The predicted molar refractivity (Wildman–Crippen MR) is 73.1 cm³/mol. The largest absolute Gasteiger partial charge is 0.391 e. The number of pyridine rings is 1. The van der Waals surface area contributed by atoms with Crippen LogP contribution in [0.4, 0.5) is 5.82 Å². The highest BCUT2D eigenvalue weighted by molar-refractivity contribution is 5.92. The highest BCUT2D eigenvalue weighted by atomic mass is 16.3. The van der Waals surface area contributed by atoms with Crippen LogP contribution >= 0.6 is 0 Å². The van der Waals surface area contributed by atoms with Crippen LogP contribution in [0.15, 0.2) is 18.3 Å². The molecule has 6 nitrogen and oxygen atoms in total. The first-order valence-corrected chi connectivity index (χ1v) is 6.32. The Kier molecular flexibility index (Phi) is 4.01. The number of aromatic nitrogens is 1. The molecule has 19 heavy (non-hydrogen) atoms. The van der Waals surface area contributed by atoms with E-state index >= 15 is 0 Å². The lowest BCUT2D eigenvalue weighted by Gasteiger charge is -2.27. The van der Waals surface area contributed by atoms with Crippen molar-refractivity contribution in [2.75, 3.05) is 32.1 Å². The van der Waals surface area contributed by atoms with Crippen molar-refractivity contribution in [1.29, 1.82) is 0 Å². The number of nitrogens with two attached hydrogens (primary N) is 1. The minimum Gasteiger partial charge on any atom is -0.391 e. The van der Waals surface area contributed by atoms with Gasteiger partial charge in [-0.1, -0.05) is 0 Å². The summed E-state index contributed by atoms with van der Waals surface area (Å²) in [4.78, 5) is 19.5. The first-order chi connectivity index (χ1) is 8.97. The zero-order valence-corrected chi connectivity index (χ0v) is 11.3. The molecule has 2 atom stereocenters. The summed E-state index contributed by atoms with van der Waals surface area (Å²) in [6.07, 6.45) is 1.88. The van der Waals surface area contributed by atoms with Gasteiger partial charge in [0.1, 0.15) is 5.82 Å². The molecule has 2 unspecified atom stereocenters. The van der Waals surface area contributed by atoms with E-state index < -0.39 is 5.91 Å². The second-order valence-electron chi connectivity index (χ2n) is 5.23. The van der Waals surface area contributed by atoms with Crippen LogP contribution < -0.4 is 10.6 Å². The average molecular weight is 264 g/mol. The number of hydrogen-bond acceptors (Lipinski definition) is 5. The zero-order chi connectivity index (χ0) is 14.0. The van der Waals surface area contributed by atoms with Gasteiger partial charge in [0.2, 0.25) is 5.91 Å². The maximum atomic E-state index is 11.0. The van der Waals surface area contributed by atoms with E-state index in [1.807, 2.05) is 14.1 Å². The lowest BCUT2D eigenvalue weighted by molar-refractivity contribution is 0.1000. The summed E-state index contributed by atoms with van der Waals surface area (Å²) in [5.74, 6) is 0.291. The van der Waals surface area contributed by atoms with Crippen LogP contribution in [0.5, 0.6) is 0 Å². The number of primary amides is 1. The van der Waals surface area contributed by atoms with Crippen LogP contribution in [0.2, 0.25) is 0 Å². The van der Waals surface area contributed by atoms with E-state index in [1.54, 1.807) is 12.1 Å². The lowest BCUT2D eigenvalue weighted by atomic mass is 10.2. The summed E-state index contributed by atoms with van der Waals surface area (Å²) in [5, 5.41) is 9.82. The summed E-state index contributed by atoms with van der Waals surface area (Å²) >= 11 is 0. The topological polar surface area (TPSA) is 82.7 Å². The fourth-order valence-electron chi connectivity index (χ4n) is 2.47. The number of amides is 1. The van der Waals surface area contributed by atoms with Crippen LogP contribution in [-0.2, 0) is 0 Å². The molecule has 0 saturated carbocycles. The van der Waals surface area contributed by atoms with Gasteiger partial charge in [0.05, 0.1) is 11.7 Å². The van der Waals surface area contributed by atoms with Crippen LogP contribution in [-0.4, -0.2) is 60.2 Å². The summed E-state index contributed by atoms with van der Waals surface area (Å²) in [5.41, 5.74) is 5.59. The van der Waals surface area contributed by atoms with Gasteiger partial charge >= 0.3 is 0 Å². The highest BCUT2D eigenvalue weighted by Gasteiger charge is 2.31. The second-order valence-corrected chi connectivity index (χ2v) is 5.23. The first kappa shape index (κ1) is 13.8. The van der Waals surface area contributed by atoms with Gasteiger partial charge in [0.15, 0.2) is 0 Å². The van der Waals surface area contributed by atoms with Gasteiger partial charge in [0, 0.05) is 25.3 Å². The fourth-order valence-corrected chi connectivity index (χ4v) is 2.47. The van der Waals surface area contributed by atoms with Crippen molar-refractivity contribution >= 4 is 11.7 Å². The Labute approximate surface area is 112 Å². The number of nitrogens with zero attached hydrogens (tertiary/aromatic N) is 3. The minimum absolute atomic E-state index is 0.233. The molecule has 1 aliphatic rings. The maximum Gasteiger partial charge on any atom is 0.250 e. The molecular formula is C13H20N4O2. The van der Waals surface area contributed by atoms with Crippen LogP contribution in [0.25, 0.3) is 0 Å². The molecule has 0 spiro atoms. The minimum atomic E-state index is -0.481. The number of aliphatic hydroxyl groups is 1. The van der Waals surface area contributed by atoms with Gasteiger partial charge in [-0.3, -0.25) is 4.79 Å². The molecule has 1 amide bonds. The zero-order valence-electron chi connectivity index (χ0n) is 11.3. The van der Waals surface area contributed by atoms with Crippen molar-refractivity contribution in [2.24, 2.45) is 5.73 Å². The summed E-state index contributed by atoms with van der Waals surface area (Å²) in [6, 6.07) is 3.68. The van der Waals surface area contributed by atoms with Gasteiger partial charge in [-0.05, 0) is 32.6 Å². The Morgan fingerprint density at radius 1 is 1.58 bits per heavy atom. The highest BCUT2D eigenvalue weighted by Crippen LogP contribution is 2.24. The number of anilines is 1. The molecule has 0 aliphatic carbocycles. The van der Waals surface area contributed by atoms with Crippen molar-refractivity contribution in [3.8, 4) is 0 Å². The van der Waals surface area contributed by atoms with Gasteiger partial charge in [0.25, 0.3) is 0 Å². The molecule has 3 N–H and O–H groups in total. The van der Waals surface area contributed by atoms with E-state index in [0.29, 0.717) is 12.1 Å². The Hall–Kier alpha value is -1.66. The first-order valence-electron chi connectivity index (χ1n) is 6.32. The second kappa shape index (κ2) is 5.54. The van der Waals surface area contributed by atoms with Crippen molar-refractivity contribution in [1.82, 2.24) is 9.88 Å². The molecular weight excluding hydrogens is 244 g/mol. The number of likely N-dealkylation sites (N-methyl/N-ethyl adjacent to an activating group) is 1. The van der Waals surface area contributed by atoms with E-state index in [0.717, 1.165) is 18.8 Å². The Morgan fingerprint density at radius 3 is 2.84 bits per heavy atom. The molecule has 2 heterocycles. The molecule has 104 valence electrons. The average Bonchev–Trinajstić information content (AvgIpc) is 2.69. The third-order valence-corrected chi connectivity index (χ3v) is 3.29. The maximum absolute atomic E-state index is 11.0. The van der Waals surface area contributed by atoms with Gasteiger partial charge in [-0.15, -0.1) is 0 Å². The Morgan fingerprint density at radius 2 is 2.32 bits per heavy atom. The number of β-amino-alcohol motifs (C(OH)–C–C–N with tert-alkyl or cyclic N) is 1. The molecule has 1 aliphatic heterocycles. The molecule has 0 aromatic carbocycles. The van der Waals surface area contributed by atoms with Crippen molar-refractivity contribution in [2.45, 2.75) is 18.6 Å². The van der Waals surface area contributed by atoms with Crippen molar-refractivity contribution < 1.29 is 9.90 Å². The summed E-state index contributed by atoms with van der Waals surface area (Å²) in [6.45, 7) is 1.43. The standard InChI is InChI=1S/C13H20N4O2/c1-16(2)7-10-5-11(18)8-17(10)12-4-3-9(6-15-12)13(14)19/h3-4,6,10-11,18H,5,7-8H2,1-2H3,(H2,14,19). The number of carbonyl (C=O) groups is 1. The Bertz CT molecular complexity index is 446. The molecule has 1 saturated heterocycles. The Balaban J connectivity index is 2.16. The SMILES string of the molecule is CN(C)CC1CC(O)CN1c1ccc(C(N)=O)cn1. The number of carbonyl (C=O) groups excluding carboxylic acids is 1. The fraction of sp³-hybridized carbons (Fsp3) is 0.538. The van der Waals surface area contributed by atoms with Gasteiger partial charge < -0.3 is 20.6 Å². The predicted octanol–water partition coefficient (Wildman–Crippen LogP) is -0.318. The van der Waals surface area contributed by atoms with E-state index in [2.05, 4.69) is 14.8 Å². The van der Waals surface area contributed by atoms with Crippen molar-refractivity contribution in [3.05, 3.63) is 23.9 Å². The number of rotatable bonds is 4. The molecule has 1 fully saturated rings. The van der Waals surface area contributed by atoms with E-state index in [-0.39, 0.29) is 12.1 Å². The molecule has 0 radical (unpaired) electrons. The molecule has 6 heteroatoms. The van der Waals surface area contributed by atoms with E-state index in [9.17, 15) is 9.90 Å².